The first kappa shape index (κ1) is 24.1. The zero-order valence-corrected chi connectivity index (χ0v) is 18.5. The van der Waals surface area contributed by atoms with Gasteiger partial charge >= 0.3 is 6.09 Å². The summed E-state index contributed by atoms with van der Waals surface area (Å²) in [5.41, 5.74) is 1.28. The molecule has 2 N–H and O–H groups in total. The van der Waals surface area contributed by atoms with Crippen LogP contribution in [0.5, 0.6) is 5.75 Å². The van der Waals surface area contributed by atoms with E-state index in [2.05, 4.69) is 32.4 Å². The summed E-state index contributed by atoms with van der Waals surface area (Å²) in [6.45, 7) is 4.76. The van der Waals surface area contributed by atoms with Gasteiger partial charge in [-0.05, 0) is 49.7 Å². The van der Waals surface area contributed by atoms with Crippen molar-refractivity contribution in [3.05, 3.63) is 42.0 Å². The Bertz CT molecular complexity index is 678. The molecule has 0 radical (unpaired) electrons. The molecule has 0 spiro atoms. The molecule has 1 aliphatic rings. The SMILES string of the molecule is COC(=O)NCCSCC(=O)NC/C=C\COc1cccc(CN2CCCCC2)c1. The lowest BCUT2D eigenvalue weighted by molar-refractivity contribution is -0.118. The third-order valence-electron chi connectivity index (χ3n) is 4.62. The molecule has 30 heavy (non-hydrogen) atoms. The second kappa shape index (κ2) is 14.7. The average molecular weight is 436 g/mol. The number of hydrogen-bond donors (Lipinski definition) is 2. The topological polar surface area (TPSA) is 79.9 Å². The monoisotopic (exact) mass is 435 g/mol. The van der Waals surface area contributed by atoms with Crippen LogP contribution in [0.2, 0.25) is 0 Å². The van der Waals surface area contributed by atoms with Crippen LogP contribution in [0.15, 0.2) is 36.4 Å². The maximum Gasteiger partial charge on any atom is 0.406 e. The Morgan fingerprint density at radius 3 is 2.80 bits per heavy atom. The fraction of sp³-hybridized carbons (Fsp3) is 0.545. The molecule has 1 aliphatic heterocycles. The third kappa shape index (κ3) is 10.5. The Balaban J connectivity index is 1.54. The minimum Gasteiger partial charge on any atom is -0.490 e. The van der Waals surface area contributed by atoms with Crippen LogP contribution in [-0.4, -0.2) is 68.3 Å². The van der Waals surface area contributed by atoms with Crippen molar-refractivity contribution in [2.45, 2.75) is 25.8 Å². The van der Waals surface area contributed by atoms with Gasteiger partial charge < -0.3 is 20.1 Å². The van der Waals surface area contributed by atoms with Crippen molar-refractivity contribution in [2.75, 3.05) is 51.4 Å². The first-order valence-electron chi connectivity index (χ1n) is 10.4. The highest BCUT2D eigenvalue weighted by Gasteiger charge is 2.10. The summed E-state index contributed by atoms with van der Waals surface area (Å²) < 4.78 is 10.3. The molecule has 0 aromatic heterocycles. The number of carbonyl (C=O) groups excluding carboxylic acids is 2. The fourth-order valence-corrected chi connectivity index (χ4v) is 3.77. The Hall–Kier alpha value is -2.19. The molecule has 8 heteroatoms. The van der Waals surface area contributed by atoms with Gasteiger partial charge in [0.05, 0.1) is 12.9 Å². The molecule has 0 saturated carbocycles. The number of carbonyl (C=O) groups is 2. The molecule has 166 valence electrons. The van der Waals surface area contributed by atoms with Crippen molar-refractivity contribution in [2.24, 2.45) is 0 Å². The molecule has 0 bridgehead atoms. The Kier molecular flexibility index (Phi) is 11.8. The first-order chi connectivity index (χ1) is 14.7. The maximum absolute atomic E-state index is 11.7. The van der Waals surface area contributed by atoms with Gasteiger partial charge in [-0.25, -0.2) is 4.79 Å². The van der Waals surface area contributed by atoms with Gasteiger partial charge in [0.25, 0.3) is 0 Å². The highest BCUT2D eigenvalue weighted by molar-refractivity contribution is 7.99. The number of ether oxygens (including phenoxy) is 2. The van der Waals surface area contributed by atoms with Crippen molar-refractivity contribution in [1.82, 2.24) is 15.5 Å². The fourth-order valence-electron chi connectivity index (χ4n) is 3.09. The first-order valence-corrected chi connectivity index (χ1v) is 11.6. The maximum atomic E-state index is 11.7. The number of thioether (sulfide) groups is 1. The molecule has 1 aromatic rings. The van der Waals surface area contributed by atoms with E-state index in [0.717, 1.165) is 12.3 Å². The van der Waals surface area contributed by atoms with E-state index >= 15 is 0 Å². The van der Waals surface area contributed by atoms with Crippen LogP contribution >= 0.6 is 11.8 Å². The minimum absolute atomic E-state index is 0.0333. The molecule has 1 aromatic carbocycles. The predicted octanol–water partition coefficient (Wildman–Crippen LogP) is 2.81. The van der Waals surface area contributed by atoms with Crippen LogP contribution in [0.3, 0.4) is 0 Å². The summed E-state index contributed by atoms with van der Waals surface area (Å²) >= 11 is 1.46. The second-order valence-corrected chi connectivity index (χ2v) is 8.15. The Morgan fingerprint density at radius 2 is 2.00 bits per heavy atom. The summed E-state index contributed by atoms with van der Waals surface area (Å²) in [5.74, 6) is 1.85. The summed E-state index contributed by atoms with van der Waals surface area (Å²) in [6.07, 6.45) is 7.27. The number of alkyl carbamates (subject to hydrolysis) is 1. The van der Waals surface area contributed by atoms with E-state index in [4.69, 9.17) is 4.74 Å². The van der Waals surface area contributed by atoms with Crippen LogP contribution in [0.1, 0.15) is 24.8 Å². The highest BCUT2D eigenvalue weighted by atomic mass is 32.2. The van der Waals surface area contributed by atoms with E-state index in [9.17, 15) is 9.59 Å². The molecule has 2 rings (SSSR count). The molecule has 0 unspecified atom stereocenters. The van der Waals surface area contributed by atoms with E-state index in [-0.39, 0.29) is 5.91 Å². The molecule has 1 fully saturated rings. The van der Waals surface area contributed by atoms with Crippen LogP contribution in [-0.2, 0) is 16.1 Å². The van der Waals surface area contributed by atoms with E-state index in [1.807, 2.05) is 24.3 Å². The molecule has 7 nitrogen and oxygen atoms in total. The van der Waals surface area contributed by atoms with Crippen LogP contribution in [0.4, 0.5) is 4.79 Å². The van der Waals surface area contributed by atoms with Crippen molar-refractivity contribution in [3.8, 4) is 5.75 Å². The minimum atomic E-state index is -0.457. The van der Waals surface area contributed by atoms with Gasteiger partial charge in [-0.1, -0.05) is 24.6 Å². The highest BCUT2D eigenvalue weighted by Crippen LogP contribution is 2.17. The summed E-state index contributed by atoms with van der Waals surface area (Å²) in [5, 5.41) is 5.40. The third-order valence-corrected chi connectivity index (χ3v) is 5.58. The number of hydrogen-bond acceptors (Lipinski definition) is 6. The Morgan fingerprint density at radius 1 is 1.17 bits per heavy atom. The summed E-state index contributed by atoms with van der Waals surface area (Å²) in [7, 11) is 1.32. The predicted molar refractivity (Wildman–Crippen MR) is 121 cm³/mol. The lowest BCUT2D eigenvalue weighted by atomic mass is 10.1. The summed E-state index contributed by atoms with van der Waals surface area (Å²) in [6, 6.07) is 8.27. The lowest BCUT2D eigenvalue weighted by Crippen LogP contribution is -2.29. The molecule has 2 amide bonds. The van der Waals surface area contributed by atoms with E-state index < -0.39 is 6.09 Å². The Labute approximate surface area is 183 Å². The normalized spacial score (nSPS) is 14.4. The number of rotatable bonds is 12. The molecular formula is C22H33N3O4S. The summed E-state index contributed by atoms with van der Waals surface area (Å²) in [4.78, 5) is 25.1. The zero-order chi connectivity index (χ0) is 21.4. The second-order valence-electron chi connectivity index (χ2n) is 7.04. The van der Waals surface area contributed by atoms with E-state index in [0.29, 0.717) is 31.2 Å². The average Bonchev–Trinajstić information content (AvgIpc) is 2.76. The number of amides is 2. The number of methoxy groups -OCH3 is 1. The van der Waals surface area contributed by atoms with E-state index in [1.165, 1.54) is 56.8 Å². The van der Waals surface area contributed by atoms with Crippen molar-refractivity contribution < 1.29 is 19.1 Å². The van der Waals surface area contributed by atoms with Crippen molar-refractivity contribution >= 4 is 23.8 Å². The number of piperidine rings is 1. The van der Waals surface area contributed by atoms with Gasteiger partial charge in [0.2, 0.25) is 5.91 Å². The van der Waals surface area contributed by atoms with Gasteiger partial charge in [0, 0.05) is 25.4 Å². The van der Waals surface area contributed by atoms with Crippen LogP contribution in [0.25, 0.3) is 0 Å². The number of nitrogens with one attached hydrogen (secondary N) is 2. The van der Waals surface area contributed by atoms with Crippen molar-refractivity contribution in [1.29, 1.82) is 0 Å². The number of likely N-dealkylation sites (tertiary alicyclic amines) is 1. The molecule has 0 aliphatic carbocycles. The quantitative estimate of drug-likeness (QED) is 0.388. The standard InChI is InChI=1S/C22H33N3O4S/c1-28-22(27)24-11-15-30-18-21(26)23-10-3-6-14-29-20-9-7-8-19(16-20)17-25-12-4-2-5-13-25/h3,6-9,16H,2,4-5,10-15,17-18H2,1H3,(H,23,26)(H,24,27)/b6-3-. The largest absolute Gasteiger partial charge is 0.490 e. The number of nitrogens with zero attached hydrogens (tertiary/aromatic N) is 1. The lowest BCUT2D eigenvalue weighted by Gasteiger charge is -2.26. The van der Waals surface area contributed by atoms with Gasteiger partial charge in [0.15, 0.2) is 0 Å². The zero-order valence-electron chi connectivity index (χ0n) is 17.7. The smallest absolute Gasteiger partial charge is 0.406 e. The molecule has 0 atom stereocenters. The van der Waals surface area contributed by atoms with Gasteiger partial charge in [-0.2, -0.15) is 11.8 Å². The molecular weight excluding hydrogens is 402 g/mol. The van der Waals surface area contributed by atoms with Crippen LogP contribution in [0, 0.1) is 0 Å². The molecule has 1 heterocycles. The van der Waals surface area contributed by atoms with Gasteiger partial charge in [-0.3, -0.25) is 9.69 Å². The number of benzene rings is 1. The van der Waals surface area contributed by atoms with Gasteiger partial charge in [0.1, 0.15) is 12.4 Å². The molecule has 1 saturated heterocycles. The van der Waals surface area contributed by atoms with Gasteiger partial charge in [-0.15, -0.1) is 0 Å². The van der Waals surface area contributed by atoms with Crippen molar-refractivity contribution in [3.63, 3.8) is 0 Å². The van der Waals surface area contributed by atoms with Crippen LogP contribution < -0.4 is 15.4 Å². The van der Waals surface area contributed by atoms with E-state index in [1.54, 1.807) is 0 Å².